The van der Waals surface area contributed by atoms with Crippen LogP contribution in [0.3, 0.4) is 0 Å². The highest BCUT2D eigenvalue weighted by atomic mass is 15.5. The molecular weight excluding hydrogens is 148 g/mol. The van der Waals surface area contributed by atoms with Crippen LogP contribution in [-0.2, 0) is 0 Å². The maximum atomic E-state index is 2.56. The summed E-state index contributed by atoms with van der Waals surface area (Å²) in [6.45, 7) is 11.7. The first-order valence-electron chi connectivity index (χ1n) is 4.83. The molecule has 1 fully saturated rings. The van der Waals surface area contributed by atoms with Crippen molar-refractivity contribution in [2.45, 2.75) is 39.3 Å². The molecule has 0 spiro atoms. The number of quaternary nitrogens is 1. The second-order valence-corrected chi connectivity index (χ2v) is 5.48. The van der Waals surface area contributed by atoms with Crippen molar-refractivity contribution in [2.24, 2.45) is 0 Å². The van der Waals surface area contributed by atoms with Crippen molar-refractivity contribution in [3.8, 4) is 0 Å². The summed E-state index contributed by atoms with van der Waals surface area (Å²) >= 11 is 0. The topological polar surface area (TPSA) is 3.24 Å². The minimum atomic E-state index is 0.407. The molecule has 72 valence electrons. The number of nitrogens with zero attached hydrogens (tertiary/aromatic N) is 2. The molecule has 0 radical (unpaired) electrons. The van der Waals surface area contributed by atoms with Gasteiger partial charge in [-0.1, -0.05) is 0 Å². The third-order valence-electron chi connectivity index (χ3n) is 3.49. The van der Waals surface area contributed by atoms with Crippen LogP contribution in [0.4, 0.5) is 0 Å². The first-order chi connectivity index (χ1) is 5.26. The average Bonchev–Trinajstić information content (AvgIpc) is 2.03. The van der Waals surface area contributed by atoms with Crippen LogP contribution in [0.25, 0.3) is 0 Å². The lowest BCUT2D eigenvalue weighted by atomic mass is 10.0. The normalized spacial score (nSPS) is 28.2. The Bertz CT molecular complexity index is 155. The molecule has 1 heterocycles. The van der Waals surface area contributed by atoms with Crippen molar-refractivity contribution < 1.29 is 4.48 Å². The third kappa shape index (κ3) is 1.50. The maximum Gasteiger partial charge on any atom is 0.135 e. The van der Waals surface area contributed by atoms with E-state index in [1.165, 1.54) is 13.2 Å². The molecular formula is C10H23N2+. The highest BCUT2D eigenvalue weighted by Crippen LogP contribution is 2.29. The molecule has 0 aromatic heterocycles. The van der Waals surface area contributed by atoms with Crippen molar-refractivity contribution in [1.29, 1.82) is 0 Å². The maximum absolute atomic E-state index is 2.56. The van der Waals surface area contributed by atoms with Crippen LogP contribution in [0.15, 0.2) is 0 Å². The van der Waals surface area contributed by atoms with Gasteiger partial charge in [-0.25, -0.2) is 4.90 Å². The first kappa shape index (κ1) is 10.0. The van der Waals surface area contributed by atoms with E-state index < -0.39 is 0 Å². The Morgan fingerprint density at radius 3 is 1.92 bits per heavy atom. The summed E-state index contributed by atoms with van der Waals surface area (Å²) in [5.41, 5.74) is 0.407. The van der Waals surface area contributed by atoms with Crippen molar-refractivity contribution in [3.05, 3.63) is 0 Å². The van der Waals surface area contributed by atoms with Crippen LogP contribution in [0.2, 0.25) is 0 Å². The minimum absolute atomic E-state index is 0.407. The summed E-state index contributed by atoms with van der Waals surface area (Å²) in [4.78, 5) is 2.56. The summed E-state index contributed by atoms with van der Waals surface area (Å²) in [7, 11) is 4.64. The average molecular weight is 171 g/mol. The summed E-state index contributed by atoms with van der Waals surface area (Å²) in [5.74, 6) is 0. The molecule has 1 aliphatic heterocycles. The summed E-state index contributed by atoms with van der Waals surface area (Å²) in [5, 5.41) is 0. The van der Waals surface area contributed by atoms with Gasteiger partial charge in [0.2, 0.25) is 0 Å². The van der Waals surface area contributed by atoms with Gasteiger partial charge in [-0.05, 0) is 27.7 Å². The number of hydrogen-bond donors (Lipinski definition) is 0. The molecule has 1 saturated heterocycles. The predicted molar refractivity (Wildman–Crippen MR) is 52.9 cm³/mol. The zero-order valence-corrected chi connectivity index (χ0v) is 9.39. The van der Waals surface area contributed by atoms with E-state index in [1.54, 1.807) is 0 Å². The lowest BCUT2D eigenvalue weighted by molar-refractivity contribution is -0.927. The molecule has 2 heteroatoms. The fourth-order valence-electron chi connectivity index (χ4n) is 1.73. The molecule has 0 aliphatic carbocycles. The van der Waals surface area contributed by atoms with Crippen molar-refractivity contribution in [1.82, 2.24) is 4.90 Å². The number of rotatable bonds is 1. The quantitative estimate of drug-likeness (QED) is 0.541. The van der Waals surface area contributed by atoms with Gasteiger partial charge in [0, 0.05) is 6.04 Å². The summed E-state index contributed by atoms with van der Waals surface area (Å²) < 4.78 is 1.12. The SMILES string of the molecule is CC(C)N1CC(C)(C)[N+](C)(C)C1. The van der Waals surface area contributed by atoms with E-state index in [9.17, 15) is 0 Å². The van der Waals surface area contributed by atoms with E-state index in [-0.39, 0.29) is 0 Å². The Balaban J connectivity index is 2.74. The van der Waals surface area contributed by atoms with Gasteiger partial charge in [0.15, 0.2) is 0 Å². The smallest absolute Gasteiger partial charge is 0.135 e. The van der Waals surface area contributed by atoms with Gasteiger partial charge in [0.05, 0.1) is 20.6 Å². The molecule has 2 nitrogen and oxygen atoms in total. The van der Waals surface area contributed by atoms with Crippen LogP contribution >= 0.6 is 0 Å². The standard InChI is InChI=1S/C10H23N2/c1-9(2)11-7-10(3,4)12(5,6)8-11/h9H,7-8H2,1-6H3/q+1. The Hall–Kier alpha value is -0.0800. The Morgan fingerprint density at radius 1 is 1.25 bits per heavy atom. The fraction of sp³-hybridized carbons (Fsp3) is 1.00. The second-order valence-electron chi connectivity index (χ2n) is 5.48. The van der Waals surface area contributed by atoms with Crippen LogP contribution in [-0.4, -0.2) is 48.3 Å². The number of hydrogen-bond acceptors (Lipinski definition) is 1. The zero-order valence-electron chi connectivity index (χ0n) is 9.39. The van der Waals surface area contributed by atoms with E-state index in [0.717, 1.165) is 4.48 Å². The largest absolute Gasteiger partial charge is 0.310 e. The molecule has 12 heavy (non-hydrogen) atoms. The van der Waals surface area contributed by atoms with Gasteiger partial charge in [-0.2, -0.15) is 0 Å². The van der Waals surface area contributed by atoms with E-state index in [4.69, 9.17) is 0 Å². The molecule has 0 amide bonds. The summed E-state index contributed by atoms with van der Waals surface area (Å²) in [6, 6.07) is 0.684. The van der Waals surface area contributed by atoms with Crippen LogP contribution < -0.4 is 0 Å². The Labute approximate surface area is 76.7 Å². The molecule has 0 aromatic carbocycles. The molecule has 1 rings (SSSR count). The third-order valence-corrected chi connectivity index (χ3v) is 3.49. The van der Waals surface area contributed by atoms with Crippen molar-refractivity contribution in [2.75, 3.05) is 27.3 Å². The molecule has 0 unspecified atom stereocenters. The minimum Gasteiger partial charge on any atom is -0.310 e. The van der Waals surface area contributed by atoms with E-state index in [0.29, 0.717) is 11.6 Å². The van der Waals surface area contributed by atoms with Gasteiger partial charge in [-0.3, -0.25) is 0 Å². The van der Waals surface area contributed by atoms with E-state index in [2.05, 4.69) is 46.7 Å². The van der Waals surface area contributed by atoms with Crippen LogP contribution in [0.5, 0.6) is 0 Å². The van der Waals surface area contributed by atoms with Crippen molar-refractivity contribution >= 4 is 0 Å². The highest BCUT2D eigenvalue weighted by Gasteiger charge is 2.46. The molecule has 0 atom stereocenters. The van der Waals surface area contributed by atoms with Gasteiger partial charge < -0.3 is 4.48 Å². The fourth-order valence-corrected chi connectivity index (χ4v) is 1.73. The molecule has 0 N–H and O–H groups in total. The lowest BCUT2D eigenvalue weighted by Crippen LogP contribution is -2.52. The van der Waals surface area contributed by atoms with Gasteiger partial charge in [-0.15, -0.1) is 0 Å². The highest BCUT2D eigenvalue weighted by molar-refractivity contribution is 4.81. The Kier molecular flexibility index (Phi) is 2.26. The first-order valence-corrected chi connectivity index (χ1v) is 4.83. The predicted octanol–water partition coefficient (Wildman–Crippen LogP) is 1.52. The van der Waals surface area contributed by atoms with E-state index in [1.807, 2.05) is 0 Å². The van der Waals surface area contributed by atoms with Crippen LogP contribution in [0.1, 0.15) is 27.7 Å². The van der Waals surface area contributed by atoms with Gasteiger partial charge >= 0.3 is 0 Å². The van der Waals surface area contributed by atoms with Crippen LogP contribution in [0, 0.1) is 0 Å². The van der Waals surface area contributed by atoms with Gasteiger partial charge in [0.25, 0.3) is 0 Å². The lowest BCUT2D eigenvalue weighted by Gasteiger charge is -2.36. The zero-order chi connectivity index (χ0) is 9.57. The summed E-state index contributed by atoms with van der Waals surface area (Å²) in [6.07, 6.45) is 0. The molecule has 0 bridgehead atoms. The molecule has 0 aromatic rings. The molecule has 1 aliphatic rings. The van der Waals surface area contributed by atoms with Gasteiger partial charge in [0.1, 0.15) is 12.2 Å². The second kappa shape index (κ2) is 2.71. The number of likely N-dealkylation sites (N-methyl/N-ethyl adjacent to an activating group) is 1. The van der Waals surface area contributed by atoms with E-state index >= 15 is 0 Å². The molecule has 0 saturated carbocycles. The van der Waals surface area contributed by atoms with Crippen molar-refractivity contribution in [3.63, 3.8) is 0 Å². The Morgan fingerprint density at radius 2 is 1.75 bits per heavy atom. The monoisotopic (exact) mass is 171 g/mol.